The summed E-state index contributed by atoms with van der Waals surface area (Å²) in [5.41, 5.74) is 3.06. The van der Waals surface area contributed by atoms with Gasteiger partial charge in [-0.1, -0.05) is 49.7 Å². The Labute approximate surface area is 179 Å². The summed E-state index contributed by atoms with van der Waals surface area (Å²) in [7, 11) is 1.52. The Bertz CT molecular complexity index is 1030. The van der Waals surface area contributed by atoms with E-state index in [0.717, 1.165) is 29.0 Å². The monoisotopic (exact) mass is 424 g/mol. The zero-order valence-corrected chi connectivity index (χ0v) is 17.8. The number of hydrogen-bond donors (Lipinski definition) is 2. The van der Waals surface area contributed by atoms with Crippen molar-refractivity contribution in [2.24, 2.45) is 0 Å². The van der Waals surface area contributed by atoms with Crippen molar-refractivity contribution in [2.45, 2.75) is 37.6 Å². The number of benzene rings is 2. The first-order chi connectivity index (χ1) is 14.7. The number of anilines is 1. The predicted octanol–water partition coefficient (Wildman–Crippen LogP) is 5.04. The maximum absolute atomic E-state index is 10.2. The van der Waals surface area contributed by atoms with Gasteiger partial charge >= 0.3 is 0 Å². The van der Waals surface area contributed by atoms with Crippen LogP contribution >= 0.6 is 11.8 Å². The quantitative estimate of drug-likeness (QED) is 0.403. The molecule has 30 heavy (non-hydrogen) atoms. The first-order valence-electron chi connectivity index (χ1n) is 9.96. The molecule has 1 aliphatic rings. The van der Waals surface area contributed by atoms with Gasteiger partial charge in [-0.3, -0.25) is 0 Å². The van der Waals surface area contributed by atoms with Crippen molar-refractivity contribution >= 4 is 17.4 Å². The molecule has 0 bridgehead atoms. The number of methoxy groups -OCH3 is 1. The molecule has 8 heteroatoms. The van der Waals surface area contributed by atoms with E-state index in [1.807, 2.05) is 30.3 Å². The molecule has 3 aromatic rings. The lowest BCUT2D eigenvalue weighted by atomic mass is 10.1. The van der Waals surface area contributed by atoms with Gasteiger partial charge < -0.3 is 19.9 Å². The minimum Gasteiger partial charge on any atom is -0.504 e. The molecule has 0 fully saturated rings. The Hall–Kier alpha value is -3.00. The number of thioether (sulfide) groups is 1. The molecule has 0 saturated heterocycles. The lowest BCUT2D eigenvalue weighted by molar-refractivity contribution is 0.224. The number of rotatable bonds is 7. The zero-order chi connectivity index (χ0) is 20.9. The molecule has 0 amide bonds. The van der Waals surface area contributed by atoms with Gasteiger partial charge in [0.2, 0.25) is 11.0 Å². The molecule has 0 aliphatic carbocycles. The Kier molecular flexibility index (Phi) is 6.23. The number of nitrogens with zero attached hydrogens (tertiary/aromatic N) is 3. The molecule has 2 heterocycles. The average Bonchev–Trinajstić information content (AvgIpc) is 2.93. The van der Waals surface area contributed by atoms with Crippen LogP contribution in [-0.4, -0.2) is 33.2 Å². The maximum atomic E-state index is 10.2. The molecular formula is C22H24N4O3S. The van der Waals surface area contributed by atoms with Gasteiger partial charge in [-0.05, 0) is 30.7 Å². The van der Waals surface area contributed by atoms with Crippen molar-refractivity contribution in [3.05, 3.63) is 48.0 Å². The van der Waals surface area contributed by atoms with Crippen LogP contribution < -0.4 is 14.8 Å². The van der Waals surface area contributed by atoms with Gasteiger partial charge in [-0.25, -0.2) is 0 Å². The van der Waals surface area contributed by atoms with E-state index in [9.17, 15) is 5.11 Å². The molecule has 7 nitrogen and oxygen atoms in total. The van der Waals surface area contributed by atoms with Crippen molar-refractivity contribution in [1.29, 1.82) is 0 Å². The van der Waals surface area contributed by atoms with E-state index in [4.69, 9.17) is 9.47 Å². The third kappa shape index (κ3) is 4.28. The fourth-order valence-corrected chi connectivity index (χ4v) is 4.02. The normalized spacial score (nSPS) is 14.7. The van der Waals surface area contributed by atoms with E-state index < -0.39 is 6.23 Å². The first kappa shape index (κ1) is 20.3. The van der Waals surface area contributed by atoms with Gasteiger partial charge in [-0.2, -0.15) is 4.98 Å². The molecule has 4 rings (SSSR count). The van der Waals surface area contributed by atoms with Crippen LogP contribution in [0.4, 0.5) is 5.69 Å². The molecule has 0 spiro atoms. The molecule has 1 atom stereocenters. The van der Waals surface area contributed by atoms with Crippen molar-refractivity contribution in [3.8, 4) is 28.6 Å². The number of fused-ring (bicyclic) bond motifs is 3. The van der Waals surface area contributed by atoms with Gasteiger partial charge in [0.25, 0.3) is 0 Å². The molecule has 156 valence electrons. The van der Waals surface area contributed by atoms with Gasteiger partial charge in [-0.15, -0.1) is 10.2 Å². The van der Waals surface area contributed by atoms with Gasteiger partial charge in [0, 0.05) is 22.6 Å². The highest BCUT2D eigenvalue weighted by atomic mass is 32.2. The zero-order valence-electron chi connectivity index (χ0n) is 17.0. The number of para-hydroxylation sites is 1. The number of aromatic nitrogens is 3. The second-order valence-corrected chi connectivity index (χ2v) is 7.98. The second-order valence-electron chi connectivity index (χ2n) is 6.92. The summed E-state index contributed by atoms with van der Waals surface area (Å²) < 4.78 is 11.4. The summed E-state index contributed by atoms with van der Waals surface area (Å²) in [5, 5.41) is 22.9. The smallest absolute Gasteiger partial charge is 0.247 e. The number of unbranched alkanes of at least 4 members (excludes halogenated alkanes) is 2. The van der Waals surface area contributed by atoms with Gasteiger partial charge in [0.15, 0.2) is 23.4 Å². The third-order valence-corrected chi connectivity index (χ3v) is 5.74. The van der Waals surface area contributed by atoms with E-state index in [-0.39, 0.29) is 5.75 Å². The fourth-order valence-electron chi connectivity index (χ4n) is 3.24. The highest BCUT2D eigenvalue weighted by Crippen LogP contribution is 2.40. The van der Waals surface area contributed by atoms with Crippen LogP contribution in [0.3, 0.4) is 0 Å². The van der Waals surface area contributed by atoms with Gasteiger partial charge in [0.1, 0.15) is 0 Å². The Morgan fingerprint density at radius 3 is 2.83 bits per heavy atom. The van der Waals surface area contributed by atoms with Crippen molar-refractivity contribution in [2.75, 3.05) is 18.2 Å². The molecule has 0 unspecified atom stereocenters. The first-order valence-corrected chi connectivity index (χ1v) is 10.9. The van der Waals surface area contributed by atoms with Crippen LogP contribution in [0.15, 0.2) is 47.6 Å². The molecule has 0 saturated carbocycles. The van der Waals surface area contributed by atoms with E-state index in [2.05, 4.69) is 27.4 Å². The van der Waals surface area contributed by atoms with Crippen LogP contribution in [0.2, 0.25) is 0 Å². The summed E-state index contributed by atoms with van der Waals surface area (Å²) in [5.74, 6) is 1.81. The topological polar surface area (TPSA) is 89.4 Å². The minimum atomic E-state index is -0.557. The highest BCUT2D eigenvalue weighted by molar-refractivity contribution is 7.99. The minimum absolute atomic E-state index is 0.0473. The molecule has 2 N–H and O–H groups in total. The van der Waals surface area contributed by atoms with Crippen LogP contribution in [0.5, 0.6) is 17.4 Å². The number of phenolic OH excluding ortho intramolecular Hbond substituents is 1. The van der Waals surface area contributed by atoms with Crippen molar-refractivity contribution in [3.63, 3.8) is 0 Å². The number of aromatic hydroxyl groups is 1. The Morgan fingerprint density at radius 1 is 1.17 bits per heavy atom. The highest BCUT2D eigenvalue weighted by Gasteiger charge is 2.26. The second kappa shape index (κ2) is 9.21. The summed E-state index contributed by atoms with van der Waals surface area (Å²) in [6.45, 7) is 2.18. The fraction of sp³-hybridized carbons (Fsp3) is 0.318. The van der Waals surface area contributed by atoms with Crippen LogP contribution in [0.1, 0.15) is 38.0 Å². The Morgan fingerprint density at radius 2 is 2.03 bits per heavy atom. The Balaban J connectivity index is 1.68. The van der Waals surface area contributed by atoms with Crippen LogP contribution in [0, 0.1) is 0 Å². The molecule has 1 aromatic heterocycles. The van der Waals surface area contributed by atoms with E-state index in [0.29, 0.717) is 22.5 Å². The standard InChI is InChI=1S/C22H24N4O3S/c1-3-4-7-12-30-22-24-21-19(25-26-22)15-8-5-6-9-16(15)23-20(29-21)14-10-11-18(28-2)17(27)13-14/h5-6,8-11,13,20,23,27H,3-4,7,12H2,1-2H3/t20-/m1/s1. The van der Waals surface area contributed by atoms with E-state index in [1.165, 1.54) is 20.0 Å². The number of nitrogens with one attached hydrogen (secondary N) is 1. The SMILES string of the molecule is CCCCCSc1nnc2c(n1)O[C@H](c1ccc(OC)c(O)c1)Nc1ccccc1-2. The van der Waals surface area contributed by atoms with Crippen molar-refractivity contribution in [1.82, 2.24) is 15.2 Å². The summed E-state index contributed by atoms with van der Waals surface area (Å²) in [4.78, 5) is 4.64. The van der Waals surface area contributed by atoms with Crippen LogP contribution in [-0.2, 0) is 0 Å². The summed E-state index contributed by atoms with van der Waals surface area (Å²) in [6, 6.07) is 13.0. The molecule has 0 radical (unpaired) electrons. The summed E-state index contributed by atoms with van der Waals surface area (Å²) >= 11 is 1.58. The largest absolute Gasteiger partial charge is 0.504 e. The number of ether oxygens (including phenoxy) is 2. The van der Waals surface area contributed by atoms with E-state index >= 15 is 0 Å². The molecule has 1 aliphatic heterocycles. The lowest BCUT2D eigenvalue weighted by Gasteiger charge is -2.20. The maximum Gasteiger partial charge on any atom is 0.247 e. The van der Waals surface area contributed by atoms with Gasteiger partial charge in [0.05, 0.1) is 7.11 Å². The van der Waals surface area contributed by atoms with E-state index in [1.54, 1.807) is 23.9 Å². The molecule has 2 aromatic carbocycles. The predicted molar refractivity (Wildman–Crippen MR) is 117 cm³/mol. The van der Waals surface area contributed by atoms with Crippen molar-refractivity contribution < 1.29 is 14.6 Å². The average molecular weight is 425 g/mol. The number of hydrogen-bond acceptors (Lipinski definition) is 8. The third-order valence-electron chi connectivity index (χ3n) is 4.82. The summed E-state index contributed by atoms with van der Waals surface area (Å²) in [6.07, 6.45) is 2.91. The van der Waals surface area contributed by atoms with Crippen LogP contribution in [0.25, 0.3) is 11.3 Å². The lowest BCUT2D eigenvalue weighted by Crippen LogP contribution is -2.17. The molecular weight excluding hydrogens is 400 g/mol. The number of phenols is 1.